The van der Waals surface area contributed by atoms with Crippen LogP contribution in [0.2, 0.25) is 10.0 Å². The number of hydrogen-bond donors (Lipinski definition) is 0. The van der Waals surface area contributed by atoms with E-state index < -0.39 is 4.92 Å². The molecule has 3 rings (SSSR count). The summed E-state index contributed by atoms with van der Waals surface area (Å²) in [5.74, 6) is 0. The Bertz CT molecular complexity index is 1030. The highest BCUT2D eigenvalue weighted by atomic mass is 35.5. The normalized spacial score (nSPS) is 15.4. The lowest BCUT2D eigenvalue weighted by atomic mass is 9.88. The third kappa shape index (κ3) is 4.31. The molecule has 0 radical (unpaired) electrons. The van der Waals surface area contributed by atoms with Crippen molar-refractivity contribution < 1.29 is 4.92 Å². The third-order valence-electron chi connectivity index (χ3n) is 5.02. The highest BCUT2D eigenvalue weighted by Crippen LogP contribution is 2.41. The van der Waals surface area contributed by atoms with Gasteiger partial charge >= 0.3 is 0 Å². The molecule has 0 amide bonds. The molecule has 0 saturated carbocycles. The van der Waals surface area contributed by atoms with Crippen molar-refractivity contribution in [3.8, 4) is 0 Å². The average Bonchev–Trinajstić information content (AvgIpc) is 2.64. The van der Waals surface area contributed by atoms with E-state index in [4.69, 9.17) is 23.2 Å². The van der Waals surface area contributed by atoms with Gasteiger partial charge in [0.1, 0.15) is 5.02 Å². The van der Waals surface area contributed by atoms with Gasteiger partial charge in [-0.1, -0.05) is 36.2 Å². The van der Waals surface area contributed by atoms with Gasteiger partial charge in [0, 0.05) is 35.6 Å². The van der Waals surface area contributed by atoms with Gasteiger partial charge in [0.25, 0.3) is 5.69 Å². The Kier molecular flexibility index (Phi) is 6.01. The molecule has 29 heavy (non-hydrogen) atoms. The van der Waals surface area contributed by atoms with Gasteiger partial charge < -0.3 is 4.90 Å². The van der Waals surface area contributed by atoms with Gasteiger partial charge in [-0.3, -0.25) is 15.1 Å². The number of fused-ring (bicyclic) bond motifs is 1. The second-order valence-electron chi connectivity index (χ2n) is 7.67. The van der Waals surface area contributed by atoms with Crippen molar-refractivity contribution in [3.05, 3.63) is 67.7 Å². The van der Waals surface area contributed by atoms with Crippen molar-refractivity contribution in [3.63, 3.8) is 0 Å². The maximum absolute atomic E-state index is 11.1. The molecule has 0 N–H and O–H groups in total. The Morgan fingerprint density at radius 1 is 1.21 bits per heavy atom. The van der Waals surface area contributed by atoms with Crippen molar-refractivity contribution in [2.75, 3.05) is 11.4 Å². The number of nitro benzene ring substituents is 1. The fourth-order valence-corrected chi connectivity index (χ4v) is 4.10. The zero-order valence-corrected chi connectivity index (χ0v) is 18.4. The van der Waals surface area contributed by atoms with E-state index in [9.17, 15) is 10.1 Å². The molecule has 0 aromatic heterocycles. The van der Waals surface area contributed by atoms with Gasteiger partial charge in [0.2, 0.25) is 0 Å². The van der Waals surface area contributed by atoms with Crippen LogP contribution < -0.4 is 4.90 Å². The minimum absolute atomic E-state index is 0.0835. The number of nitro groups is 1. The van der Waals surface area contributed by atoms with Gasteiger partial charge in [-0.2, -0.15) is 0 Å². The molecule has 152 valence electrons. The highest BCUT2D eigenvalue weighted by molar-refractivity contribution is 6.33. The molecule has 1 aliphatic heterocycles. The standard InChI is InChI=1S/C22H23Cl2N3O2/c1-5-8-26-20-11-19(24)15(9-17(20)14(2)12-22(26,3)4)13-25-16-6-7-18(23)21(10-16)27(28)29/h6-7,9-13H,5,8H2,1-4H3. The fraction of sp³-hybridized carbons (Fsp3) is 0.318. The van der Waals surface area contributed by atoms with Gasteiger partial charge in [0.05, 0.1) is 21.2 Å². The molecule has 7 heteroatoms. The molecule has 0 unspecified atom stereocenters. The zero-order valence-electron chi connectivity index (χ0n) is 16.9. The molecule has 0 spiro atoms. The van der Waals surface area contributed by atoms with Crippen LogP contribution in [0.3, 0.4) is 0 Å². The van der Waals surface area contributed by atoms with Gasteiger partial charge in [0.15, 0.2) is 0 Å². The highest BCUT2D eigenvalue weighted by Gasteiger charge is 2.31. The second kappa shape index (κ2) is 8.17. The van der Waals surface area contributed by atoms with E-state index in [2.05, 4.69) is 43.7 Å². The number of hydrogen-bond acceptors (Lipinski definition) is 4. The van der Waals surface area contributed by atoms with Crippen molar-refractivity contribution >= 4 is 52.1 Å². The van der Waals surface area contributed by atoms with E-state index in [1.807, 2.05) is 12.1 Å². The van der Waals surface area contributed by atoms with Crippen LogP contribution in [0, 0.1) is 10.1 Å². The van der Waals surface area contributed by atoms with Gasteiger partial charge in [-0.05, 0) is 57.0 Å². The van der Waals surface area contributed by atoms with E-state index in [1.54, 1.807) is 12.3 Å². The third-order valence-corrected chi connectivity index (χ3v) is 5.67. The van der Waals surface area contributed by atoms with Crippen LogP contribution in [0.4, 0.5) is 17.1 Å². The molecule has 0 bridgehead atoms. The predicted octanol–water partition coefficient (Wildman–Crippen LogP) is 7.06. The summed E-state index contributed by atoms with van der Waals surface area (Å²) in [5, 5.41) is 11.7. The van der Waals surface area contributed by atoms with Crippen LogP contribution in [0.1, 0.15) is 45.2 Å². The first-order chi connectivity index (χ1) is 13.6. The summed E-state index contributed by atoms with van der Waals surface area (Å²) in [7, 11) is 0. The van der Waals surface area contributed by atoms with Crippen molar-refractivity contribution in [1.82, 2.24) is 0 Å². The summed E-state index contributed by atoms with van der Waals surface area (Å²) in [6, 6.07) is 8.46. The first kappa shape index (κ1) is 21.3. The zero-order chi connectivity index (χ0) is 21.3. The maximum atomic E-state index is 11.1. The first-order valence-electron chi connectivity index (χ1n) is 9.43. The Labute approximate surface area is 180 Å². The lowest BCUT2D eigenvalue weighted by Gasteiger charge is -2.43. The van der Waals surface area contributed by atoms with E-state index in [0.717, 1.165) is 29.8 Å². The molecule has 0 saturated heterocycles. The van der Waals surface area contributed by atoms with Crippen LogP contribution in [-0.4, -0.2) is 23.2 Å². The van der Waals surface area contributed by atoms with Crippen LogP contribution in [-0.2, 0) is 0 Å². The molecule has 0 aliphatic carbocycles. The topological polar surface area (TPSA) is 58.7 Å². The molecule has 1 heterocycles. The van der Waals surface area contributed by atoms with Crippen molar-refractivity contribution in [2.45, 2.75) is 39.7 Å². The molecular formula is C22H23Cl2N3O2. The first-order valence-corrected chi connectivity index (χ1v) is 10.2. The summed E-state index contributed by atoms with van der Waals surface area (Å²) in [6.45, 7) is 9.59. The molecule has 5 nitrogen and oxygen atoms in total. The molecule has 0 fully saturated rings. The Balaban J connectivity index is 2.01. The van der Waals surface area contributed by atoms with E-state index in [1.165, 1.54) is 17.7 Å². The van der Waals surface area contributed by atoms with Crippen LogP contribution in [0.15, 0.2) is 41.4 Å². The number of anilines is 1. The number of halogens is 2. The Morgan fingerprint density at radius 2 is 1.93 bits per heavy atom. The van der Waals surface area contributed by atoms with Crippen LogP contribution in [0.25, 0.3) is 5.57 Å². The number of aliphatic imine (C=N–C) groups is 1. The predicted molar refractivity (Wildman–Crippen MR) is 122 cm³/mol. The summed E-state index contributed by atoms with van der Waals surface area (Å²) < 4.78 is 0. The number of benzene rings is 2. The van der Waals surface area contributed by atoms with E-state index in [0.29, 0.717) is 10.7 Å². The maximum Gasteiger partial charge on any atom is 0.290 e. The minimum atomic E-state index is -0.522. The second-order valence-corrected chi connectivity index (χ2v) is 8.49. The lowest BCUT2D eigenvalue weighted by molar-refractivity contribution is -0.384. The van der Waals surface area contributed by atoms with Crippen LogP contribution in [0.5, 0.6) is 0 Å². The molecule has 2 aromatic carbocycles. The Hall–Kier alpha value is -2.37. The van der Waals surface area contributed by atoms with Crippen molar-refractivity contribution in [1.29, 1.82) is 0 Å². The molecule has 2 aromatic rings. The van der Waals surface area contributed by atoms with E-state index in [-0.39, 0.29) is 16.2 Å². The summed E-state index contributed by atoms with van der Waals surface area (Å²) in [5.41, 5.74) is 4.35. The average molecular weight is 432 g/mol. The molecule has 0 atom stereocenters. The fourth-order valence-electron chi connectivity index (χ4n) is 3.71. The molecular weight excluding hydrogens is 409 g/mol. The van der Waals surface area contributed by atoms with Crippen molar-refractivity contribution in [2.24, 2.45) is 4.99 Å². The van der Waals surface area contributed by atoms with Gasteiger partial charge in [-0.15, -0.1) is 0 Å². The monoisotopic (exact) mass is 431 g/mol. The lowest BCUT2D eigenvalue weighted by Crippen LogP contribution is -2.45. The van der Waals surface area contributed by atoms with E-state index >= 15 is 0 Å². The summed E-state index contributed by atoms with van der Waals surface area (Å²) >= 11 is 12.4. The minimum Gasteiger partial charge on any atom is -0.362 e. The SMILES string of the molecule is CCCN1c2cc(Cl)c(C=Nc3ccc(Cl)c([N+](=O)[O-])c3)cc2C(C)=CC1(C)C. The molecule has 1 aliphatic rings. The number of rotatable bonds is 5. The quantitative estimate of drug-likeness (QED) is 0.289. The number of allylic oxidation sites excluding steroid dienone is 1. The largest absolute Gasteiger partial charge is 0.362 e. The van der Waals surface area contributed by atoms with Gasteiger partial charge in [-0.25, -0.2) is 0 Å². The van der Waals surface area contributed by atoms with Crippen LogP contribution >= 0.6 is 23.2 Å². The summed E-state index contributed by atoms with van der Waals surface area (Å²) in [4.78, 5) is 17.3. The number of nitrogens with zero attached hydrogens (tertiary/aromatic N) is 3. The smallest absolute Gasteiger partial charge is 0.290 e. The Morgan fingerprint density at radius 3 is 2.59 bits per heavy atom. The summed E-state index contributed by atoms with van der Waals surface area (Å²) in [6.07, 6.45) is 4.93.